The molecule has 0 aliphatic heterocycles. The Balaban J connectivity index is 1.65. The standard InChI is InChI=1S/C25H25Cl2NO2/c1-25(2,3)19-13-11-17(12-14-19)16-30-23(29)15-18-7-4-5-10-22(18)28-24-20(26)8-6-9-21(24)27/h4-14,28H,15-16H2,1-3H3. The molecule has 156 valence electrons. The number of carbonyl (C=O) groups is 1. The lowest BCUT2D eigenvalue weighted by atomic mass is 9.87. The highest BCUT2D eigenvalue weighted by atomic mass is 35.5. The second kappa shape index (κ2) is 9.55. The van der Waals surface area contributed by atoms with E-state index in [0.29, 0.717) is 15.7 Å². The Morgan fingerprint density at radius 2 is 1.53 bits per heavy atom. The number of para-hydroxylation sites is 2. The third-order valence-electron chi connectivity index (χ3n) is 4.79. The van der Waals surface area contributed by atoms with Gasteiger partial charge in [-0.25, -0.2) is 0 Å². The second-order valence-electron chi connectivity index (χ2n) is 8.16. The van der Waals surface area contributed by atoms with Crippen molar-refractivity contribution in [3.05, 3.63) is 93.5 Å². The summed E-state index contributed by atoms with van der Waals surface area (Å²) in [5.41, 5.74) is 4.48. The molecule has 3 aromatic rings. The van der Waals surface area contributed by atoms with Crippen LogP contribution in [0.5, 0.6) is 0 Å². The average molecular weight is 442 g/mol. The van der Waals surface area contributed by atoms with Gasteiger partial charge in [0.2, 0.25) is 0 Å². The molecular formula is C25H25Cl2NO2. The first-order valence-electron chi connectivity index (χ1n) is 9.78. The van der Waals surface area contributed by atoms with Crippen LogP contribution in [-0.4, -0.2) is 5.97 Å². The van der Waals surface area contributed by atoms with Gasteiger partial charge in [-0.2, -0.15) is 0 Å². The van der Waals surface area contributed by atoms with Crippen molar-refractivity contribution in [3.8, 4) is 0 Å². The minimum Gasteiger partial charge on any atom is -0.461 e. The first-order valence-corrected chi connectivity index (χ1v) is 10.5. The van der Waals surface area contributed by atoms with Gasteiger partial charge >= 0.3 is 5.97 Å². The molecule has 3 nitrogen and oxygen atoms in total. The minimum atomic E-state index is -0.297. The van der Waals surface area contributed by atoms with Crippen LogP contribution < -0.4 is 5.32 Å². The highest BCUT2D eigenvalue weighted by Crippen LogP contribution is 2.33. The van der Waals surface area contributed by atoms with E-state index in [-0.39, 0.29) is 24.4 Å². The Labute approximate surface area is 188 Å². The monoisotopic (exact) mass is 441 g/mol. The van der Waals surface area contributed by atoms with Crippen molar-refractivity contribution in [1.29, 1.82) is 0 Å². The molecule has 0 saturated carbocycles. The van der Waals surface area contributed by atoms with E-state index in [9.17, 15) is 4.79 Å². The average Bonchev–Trinajstić information content (AvgIpc) is 2.70. The number of halogens is 2. The summed E-state index contributed by atoms with van der Waals surface area (Å²) in [5, 5.41) is 4.26. The molecule has 0 heterocycles. The van der Waals surface area contributed by atoms with Crippen LogP contribution in [0.4, 0.5) is 11.4 Å². The lowest BCUT2D eigenvalue weighted by Crippen LogP contribution is -2.11. The summed E-state index contributed by atoms with van der Waals surface area (Å²) in [6, 6.07) is 21.0. The molecule has 0 bridgehead atoms. The fraction of sp³-hybridized carbons (Fsp3) is 0.240. The fourth-order valence-electron chi connectivity index (χ4n) is 3.02. The van der Waals surface area contributed by atoms with Gasteiger partial charge in [0.1, 0.15) is 6.61 Å². The third kappa shape index (κ3) is 5.78. The molecule has 0 saturated heterocycles. The Bertz CT molecular complexity index is 1000. The van der Waals surface area contributed by atoms with Crippen molar-refractivity contribution in [3.63, 3.8) is 0 Å². The Morgan fingerprint density at radius 3 is 2.17 bits per heavy atom. The lowest BCUT2D eigenvalue weighted by Gasteiger charge is -2.19. The van der Waals surface area contributed by atoms with Gasteiger partial charge in [0.15, 0.2) is 0 Å². The van der Waals surface area contributed by atoms with Crippen LogP contribution in [0, 0.1) is 0 Å². The minimum absolute atomic E-state index is 0.0937. The molecule has 0 fully saturated rings. The Hall–Kier alpha value is -2.49. The van der Waals surface area contributed by atoms with Crippen molar-refractivity contribution in [2.24, 2.45) is 0 Å². The van der Waals surface area contributed by atoms with Crippen LogP contribution in [0.2, 0.25) is 10.0 Å². The van der Waals surface area contributed by atoms with Gasteiger partial charge in [0.05, 0.1) is 22.2 Å². The van der Waals surface area contributed by atoms with E-state index < -0.39 is 0 Å². The summed E-state index contributed by atoms with van der Waals surface area (Å²) in [4.78, 5) is 12.4. The van der Waals surface area contributed by atoms with Crippen LogP contribution in [0.3, 0.4) is 0 Å². The molecule has 5 heteroatoms. The number of anilines is 2. The zero-order chi connectivity index (χ0) is 21.7. The molecule has 3 aromatic carbocycles. The van der Waals surface area contributed by atoms with Gasteiger partial charge in [-0.1, -0.05) is 92.5 Å². The number of nitrogens with one attached hydrogen (secondary N) is 1. The predicted molar refractivity (Wildman–Crippen MR) is 125 cm³/mol. The molecule has 30 heavy (non-hydrogen) atoms. The van der Waals surface area contributed by atoms with E-state index in [1.807, 2.05) is 36.4 Å². The number of hydrogen-bond donors (Lipinski definition) is 1. The first kappa shape index (κ1) is 22.2. The molecule has 0 radical (unpaired) electrons. The largest absolute Gasteiger partial charge is 0.461 e. The number of hydrogen-bond acceptors (Lipinski definition) is 3. The van der Waals surface area contributed by atoms with Crippen LogP contribution in [0.15, 0.2) is 66.7 Å². The van der Waals surface area contributed by atoms with Crippen LogP contribution >= 0.6 is 23.2 Å². The number of benzene rings is 3. The summed E-state index contributed by atoms with van der Waals surface area (Å²) < 4.78 is 5.49. The van der Waals surface area contributed by atoms with E-state index in [0.717, 1.165) is 16.8 Å². The fourth-order valence-corrected chi connectivity index (χ4v) is 3.51. The zero-order valence-electron chi connectivity index (χ0n) is 17.3. The van der Waals surface area contributed by atoms with Gasteiger partial charge in [-0.05, 0) is 40.3 Å². The molecule has 0 unspecified atom stereocenters. The van der Waals surface area contributed by atoms with Crippen LogP contribution in [0.1, 0.15) is 37.5 Å². The maximum Gasteiger partial charge on any atom is 0.310 e. The first-order chi connectivity index (χ1) is 14.2. The van der Waals surface area contributed by atoms with Gasteiger partial charge < -0.3 is 10.1 Å². The molecule has 0 spiro atoms. The number of ether oxygens (including phenoxy) is 1. The summed E-state index contributed by atoms with van der Waals surface area (Å²) in [6.07, 6.45) is 0.144. The Morgan fingerprint density at radius 1 is 0.900 bits per heavy atom. The molecule has 0 aliphatic rings. The molecule has 0 atom stereocenters. The smallest absolute Gasteiger partial charge is 0.310 e. The highest BCUT2D eigenvalue weighted by molar-refractivity contribution is 6.39. The van der Waals surface area contributed by atoms with Gasteiger partial charge in [0, 0.05) is 5.69 Å². The maximum atomic E-state index is 12.4. The van der Waals surface area contributed by atoms with E-state index in [1.165, 1.54) is 5.56 Å². The number of carbonyl (C=O) groups excluding carboxylic acids is 1. The van der Waals surface area contributed by atoms with Gasteiger partial charge in [-0.3, -0.25) is 4.79 Å². The third-order valence-corrected chi connectivity index (χ3v) is 5.42. The molecule has 0 aliphatic carbocycles. The van der Waals surface area contributed by atoms with Crippen molar-refractivity contribution >= 4 is 40.5 Å². The highest BCUT2D eigenvalue weighted by Gasteiger charge is 2.14. The van der Waals surface area contributed by atoms with Crippen LogP contribution in [-0.2, 0) is 28.0 Å². The van der Waals surface area contributed by atoms with Crippen LogP contribution in [0.25, 0.3) is 0 Å². The molecule has 0 aromatic heterocycles. The molecule has 0 amide bonds. The molecule has 3 rings (SSSR count). The van der Waals surface area contributed by atoms with Gasteiger partial charge in [0.25, 0.3) is 0 Å². The Kier molecular flexibility index (Phi) is 7.06. The lowest BCUT2D eigenvalue weighted by molar-refractivity contribution is -0.144. The van der Waals surface area contributed by atoms with Crippen molar-refractivity contribution in [2.45, 2.75) is 39.2 Å². The van der Waals surface area contributed by atoms with Crippen molar-refractivity contribution in [1.82, 2.24) is 0 Å². The van der Waals surface area contributed by atoms with E-state index >= 15 is 0 Å². The van der Waals surface area contributed by atoms with Gasteiger partial charge in [-0.15, -0.1) is 0 Å². The molecule has 1 N–H and O–H groups in total. The van der Waals surface area contributed by atoms with Crippen molar-refractivity contribution < 1.29 is 9.53 Å². The summed E-state index contributed by atoms with van der Waals surface area (Å²) in [6.45, 7) is 6.76. The quantitative estimate of drug-likeness (QED) is 0.407. The SMILES string of the molecule is CC(C)(C)c1ccc(COC(=O)Cc2ccccc2Nc2c(Cl)cccc2Cl)cc1. The normalized spacial score (nSPS) is 11.2. The number of esters is 1. The topological polar surface area (TPSA) is 38.3 Å². The number of rotatable bonds is 6. The van der Waals surface area contributed by atoms with E-state index in [1.54, 1.807) is 18.2 Å². The van der Waals surface area contributed by atoms with E-state index in [2.05, 4.69) is 38.2 Å². The second-order valence-corrected chi connectivity index (χ2v) is 8.98. The summed E-state index contributed by atoms with van der Waals surface area (Å²) >= 11 is 12.5. The summed E-state index contributed by atoms with van der Waals surface area (Å²) in [7, 11) is 0. The van der Waals surface area contributed by atoms with Crippen molar-refractivity contribution in [2.75, 3.05) is 5.32 Å². The predicted octanol–water partition coefficient (Wildman–Crippen LogP) is 7.32. The summed E-state index contributed by atoms with van der Waals surface area (Å²) in [5.74, 6) is -0.297. The zero-order valence-corrected chi connectivity index (χ0v) is 18.8. The van der Waals surface area contributed by atoms with E-state index in [4.69, 9.17) is 27.9 Å². The molecular weight excluding hydrogens is 417 g/mol. The maximum absolute atomic E-state index is 12.4.